The molecule has 0 unspecified atom stereocenters. The first-order valence-corrected chi connectivity index (χ1v) is 10.4. The number of hydrogen-bond donors (Lipinski definition) is 1. The van der Waals surface area contributed by atoms with Crippen LogP contribution in [-0.4, -0.2) is 54.7 Å². The van der Waals surface area contributed by atoms with Crippen LogP contribution in [0.3, 0.4) is 0 Å². The van der Waals surface area contributed by atoms with Gasteiger partial charge in [-0.25, -0.2) is 8.42 Å². The van der Waals surface area contributed by atoms with Gasteiger partial charge in [-0.05, 0) is 19.1 Å². The molecule has 2 aromatic rings. The van der Waals surface area contributed by atoms with E-state index in [1.807, 2.05) is 0 Å². The maximum Gasteiger partial charge on any atom is 0.248 e. The molecule has 1 aliphatic heterocycles. The molecule has 0 bridgehead atoms. The highest BCUT2D eigenvalue weighted by atomic mass is 35.5. The minimum atomic E-state index is -3.98. The van der Waals surface area contributed by atoms with E-state index in [0.29, 0.717) is 30.4 Å². The SMILES string of the molecule is CCN(CC(=O)Nc1ccc2c(c1)OCCO2)S(=O)(=O)c1c(C)nn(C)c1Cl. The van der Waals surface area contributed by atoms with Crippen LogP contribution in [0.5, 0.6) is 11.5 Å². The second-order valence-corrected chi connectivity index (χ2v) is 8.40. The third-order valence-corrected chi connectivity index (χ3v) is 6.81. The number of halogens is 1. The van der Waals surface area contributed by atoms with E-state index in [0.717, 1.165) is 4.31 Å². The van der Waals surface area contributed by atoms with Gasteiger partial charge in [-0.2, -0.15) is 9.40 Å². The molecule has 0 atom stereocenters. The van der Waals surface area contributed by atoms with Crippen molar-refractivity contribution in [2.24, 2.45) is 7.05 Å². The fraction of sp³-hybridized carbons (Fsp3) is 0.412. The fourth-order valence-electron chi connectivity index (χ4n) is 2.88. The van der Waals surface area contributed by atoms with E-state index in [-0.39, 0.29) is 28.8 Å². The van der Waals surface area contributed by atoms with Crippen molar-refractivity contribution in [2.75, 3.05) is 31.6 Å². The number of aromatic nitrogens is 2. The van der Waals surface area contributed by atoms with Crippen LogP contribution >= 0.6 is 11.6 Å². The molecule has 0 fully saturated rings. The summed E-state index contributed by atoms with van der Waals surface area (Å²) in [6.45, 7) is 3.84. The fourth-order valence-corrected chi connectivity index (χ4v) is 4.99. The summed E-state index contributed by atoms with van der Waals surface area (Å²) < 4.78 is 39.2. The quantitative estimate of drug-likeness (QED) is 0.752. The van der Waals surface area contributed by atoms with Crippen molar-refractivity contribution < 1.29 is 22.7 Å². The predicted octanol–water partition coefficient (Wildman–Crippen LogP) is 1.80. The number of nitrogens with one attached hydrogen (secondary N) is 1. The Balaban J connectivity index is 1.76. The van der Waals surface area contributed by atoms with Crippen LogP contribution in [-0.2, 0) is 21.9 Å². The lowest BCUT2D eigenvalue weighted by molar-refractivity contribution is -0.116. The third-order valence-electron chi connectivity index (χ3n) is 4.20. The lowest BCUT2D eigenvalue weighted by Crippen LogP contribution is -2.38. The number of anilines is 1. The Morgan fingerprint density at radius 3 is 2.61 bits per heavy atom. The number of likely N-dealkylation sites (N-methyl/N-ethyl adjacent to an activating group) is 1. The molecule has 152 valence electrons. The first-order valence-electron chi connectivity index (χ1n) is 8.62. The molecule has 9 nitrogen and oxygen atoms in total. The molecule has 0 spiro atoms. The summed E-state index contributed by atoms with van der Waals surface area (Å²) in [5.41, 5.74) is 0.761. The Hall–Kier alpha value is -2.30. The van der Waals surface area contributed by atoms with Gasteiger partial charge in [0.1, 0.15) is 23.3 Å². The smallest absolute Gasteiger partial charge is 0.248 e. The summed E-state index contributed by atoms with van der Waals surface area (Å²) in [4.78, 5) is 12.4. The van der Waals surface area contributed by atoms with E-state index in [2.05, 4.69) is 10.4 Å². The van der Waals surface area contributed by atoms with Crippen molar-refractivity contribution in [3.05, 3.63) is 29.0 Å². The molecule has 2 heterocycles. The van der Waals surface area contributed by atoms with Crippen molar-refractivity contribution in [3.8, 4) is 11.5 Å². The van der Waals surface area contributed by atoms with Gasteiger partial charge in [0, 0.05) is 25.3 Å². The maximum absolute atomic E-state index is 13.0. The molecule has 0 radical (unpaired) electrons. The van der Waals surface area contributed by atoms with Crippen LogP contribution in [0.25, 0.3) is 0 Å². The molecule has 1 N–H and O–H groups in total. The van der Waals surface area contributed by atoms with E-state index >= 15 is 0 Å². The molecule has 1 aromatic heterocycles. The van der Waals surface area contributed by atoms with Gasteiger partial charge in [0.05, 0.1) is 12.2 Å². The van der Waals surface area contributed by atoms with Crippen molar-refractivity contribution in [2.45, 2.75) is 18.7 Å². The van der Waals surface area contributed by atoms with Crippen LogP contribution in [0.2, 0.25) is 5.15 Å². The number of fused-ring (bicyclic) bond motifs is 1. The van der Waals surface area contributed by atoms with Crippen LogP contribution in [0, 0.1) is 6.92 Å². The Labute approximate surface area is 168 Å². The molecule has 11 heteroatoms. The summed E-state index contributed by atoms with van der Waals surface area (Å²) in [7, 11) is -2.43. The Morgan fingerprint density at radius 2 is 2.00 bits per heavy atom. The lowest BCUT2D eigenvalue weighted by Gasteiger charge is -2.21. The zero-order valence-corrected chi connectivity index (χ0v) is 17.3. The van der Waals surface area contributed by atoms with E-state index in [1.165, 1.54) is 4.68 Å². The van der Waals surface area contributed by atoms with Crippen LogP contribution < -0.4 is 14.8 Å². The minimum absolute atomic E-state index is 0.00296. The number of nitrogens with zero attached hydrogens (tertiary/aromatic N) is 3. The van der Waals surface area contributed by atoms with Gasteiger partial charge in [-0.1, -0.05) is 18.5 Å². The highest BCUT2D eigenvalue weighted by Gasteiger charge is 2.32. The average molecular weight is 429 g/mol. The van der Waals surface area contributed by atoms with Gasteiger partial charge < -0.3 is 14.8 Å². The van der Waals surface area contributed by atoms with E-state index in [1.54, 1.807) is 39.1 Å². The lowest BCUT2D eigenvalue weighted by atomic mass is 10.2. The molecular weight excluding hydrogens is 408 g/mol. The molecule has 28 heavy (non-hydrogen) atoms. The molecule has 0 saturated carbocycles. The summed E-state index contributed by atoms with van der Waals surface area (Å²) in [5, 5.41) is 6.72. The molecule has 1 aromatic carbocycles. The highest BCUT2D eigenvalue weighted by Crippen LogP contribution is 2.32. The largest absolute Gasteiger partial charge is 0.486 e. The van der Waals surface area contributed by atoms with Gasteiger partial charge in [0.15, 0.2) is 11.5 Å². The normalized spacial score (nSPS) is 13.6. The standard InChI is InChI=1S/C17H21ClN4O5S/c1-4-22(28(24,25)16-11(2)20-21(3)17(16)18)10-15(23)19-12-5-6-13-14(9-12)27-8-7-26-13/h5-6,9H,4,7-8,10H2,1-3H3,(H,19,23). The monoisotopic (exact) mass is 428 g/mol. The molecular formula is C17H21ClN4O5S. The van der Waals surface area contributed by atoms with Crippen molar-refractivity contribution >= 4 is 33.2 Å². The minimum Gasteiger partial charge on any atom is -0.486 e. The Morgan fingerprint density at radius 1 is 1.32 bits per heavy atom. The maximum atomic E-state index is 13.0. The second-order valence-electron chi connectivity index (χ2n) is 6.17. The predicted molar refractivity (Wildman–Crippen MR) is 103 cm³/mol. The Bertz CT molecular complexity index is 1010. The molecule has 1 amide bonds. The number of carbonyl (C=O) groups is 1. The summed E-state index contributed by atoms with van der Waals surface area (Å²) in [6, 6.07) is 4.99. The van der Waals surface area contributed by atoms with Gasteiger partial charge >= 0.3 is 0 Å². The molecule has 3 rings (SSSR count). The summed E-state index contributed by atoms with van der Waals surface area (Å²) in [5.74, 6) is 0.644. The number of carbonyl (C=O) groups excluding carboxylic acids is 1. The summed E-state index contributed by atoms with van der Waals surface area (Å²) >= 11 is 6.10. The zero-order valence-electron chi connectivity index (χ0n) is 15.7. The van der Waals surface area contributed by atoms with Crippen molar-refractivity contribution in [1.82, 2.24) is 14.1 Å². The van der Waals surface area contributed by atoms with Gasteiger partial charge in [0.25, 0.3) is 0 Å². The van der Waals surface area contributed by atoms with E-state index in [4.69, 9.17) is 21.1 Å². The van der Waals surface area contributed by atoms with Crippen LogP contribution in [0.4, 0.5) is 5.69 Å². The number of benzene rings is 1. The molecule has 0 aliphatic carbocycles. The Kier molecular flexibility index (Phi) is 5.82. The van der Waals surface area contributed by atoms with E-state index < -0.39 is 15.9 Å². The van der Waals surface area contributed by atoms with Crippen molar-refractivity contribution in [1.29, 1.82) is 0 Å². The van der Waals surface area contributed by atoms with Gasteiger partial charge in [-0.15, -0.1) is 0 Å². The third kappa shape index (κ3) is 3.94. The number of hydrogen-bond acceptors (Lipinski definition) is 6. The number of amides is 1. The van der Waals surface area contributed by atoms with Gasteiger partial charge in [-0.3, -0.25) is 9.48 Å². The summed E-state index contributed by atoms with van der Waals surface area (Å²) in [6.07, 6.45) is 0. The molecule has 1 aliphatic rings. The van der Waals surface area contributed by atoms with Crippen LogP contribution in [0.15, 0.2) is 23.1 Å². The number of rotatable bonds is 6. The number of ether oxygens (including phenoxy) is 2. The van der Waals surface area contributed by atoms with E-state index in [9.17, 15) is 13.2 Å². The first kappa shape index (κ1) is 20.4. The first-order chi connectivity index (χ1) is 13.2. The second kappa shape index (κ2) is 7.98. The highest BCUT2D eigenvalue weighted by molar-refractivity contribution is 7.89. The average Bonchev–Trinajstić information content (AvgIpc) is 2.91. The van der Waals surface area contributed by atoms with Crippen LogP contribution in [0.1, 0.15) is 12.6 Å². The van der Waals surface area contributed by atoms with Crippen molar-refractivity contribution in [3.63, 3.8) is 0 Å². The molecule has 0 saturated heterocycles. The number of sulfonamides is 1. The zero-order chi connectivity index (χ0) is 20.5. The topological polar surface area (TPSA) is 103 Å². The van der Waals surface area contributed by atoms with Gasteiger partial charge in [0.2, 0.25) is 15.9 Å². The number of aryl methyl sites for hydroxylation is 2.